The molecule has 1 aliphatic carbocycles. The van der Waals surface area contributed by atoms with Gasteiger partial charge in [0.15, 0.2) is 0 Å². The number of benzene rings is 1. The predicted molar refractivity (Wildman–Crippen MR) is 118 cm³/mol. The van der Waals surface area contributed by atoms with E-state index in [9.17, 15) is 0 Å². The molecule has 162 valence electrons. The number of aryl methyl sites for hydroxylation is 1. The van der Waals surface area contributed by atoms with Crippen molar-refractivity contribution in [2.75, 3.05) is 11.4 Å². The number of H-pyrrole nitrogens is 1. The summed E-state index contributed by atoms with van der Waals surface area (Å²) < 4.78 is 31.9. The van der Waals surface area contributed by atoms with Gasteiger partial charge >= 0.3 is 0 Å². The van der Waals surface area contributed by atoms with Gasteiger partial charge in [-0.1, -0.05) is 20.4 Å². The highest BCUT2D eigenvalue weighted by molar-refractivity contribution is 5.86. The molecule has 3 aromatic rings. The van der Waals surface area contributed by atoms with Gasteiger partial charge in [-0.25, -0.2) is 13.5 Å². The second-order valence-electron chi connectivity index (χ2n) is 8.70. The zero-order valence-corrected chi connectivity index (χ0v) is 18.0. The van der Waals surface area contributed by atoms with E-state index in [0.717, 1.165) is 60.4 Å². The summed E-state index contributed by atoms with van der Waals surface area (Å²) in [5.74, 6) is 0.317. The lowest BCUT2D eigenvalue weighted by Crippen LogP contribution is -2.31. The maximum absolute atomic E-state index is 15.0. The number of halogens is 2. The van der Waals surface area contributed by atoms with Crippen LogP contribution in [0.5, 0.6) is 0 Å². The smallest absolute Gasteiger partial charge is 0.140 e. The number of nitrogens with zero attached hydrogens (tertiary/aromatic N) is 4. The Labute approximate surface area is 180 Å². The van der Waals surface area contributed by atoms with Crippen molar-refractivity contribution in [3.8, 4) is 11.3 Å². The van der Waals surface area contributed by atoms with E-state index in [-0.39, 0.29) is 11.5 Å². The van der Waals surface area contributed by atoms with Crippen molar-refractivity contribution >= 4 is 11.5 Å². The average Bonchev–Trinajstić information content (AvgIpc) is 3.34. The Balaban J connectivity index is 1.57. The molecule has 31 heavy (non-hydrogen) atoms. The third-order valence-electron chi connectivity index (χ3n) is 6.63. The minimum atomic E-state index is -0.549. The van der Waals surface area contributed by atoms with E-state index in [1.165, 1.54) is 12.1 Å². The van der Waals surface area contributed by atoms with E-state index in [1.807, 2.05) is 22.0 Å². The van der Waals surface area contributed by atoms with Gasteiger partial charge in [0.2, 0.25) is 0 Å². The van der Waals surface area contributed by atoms with Crippen molar-refractivity contribution in [2.45, 2.75) is 57.9 Å². The van der Waals surface area contributed by atoms with Gasteiger partial charge in [-0.15, -0.1) is 0 Å². The fourth-order valence-corrected chi connectivity index (χ4v) is 4.51. The summed E-state index contributed by atoms with van der Waals surface area (Å²) in [6.07, 6.45) is 7.45. The van der Waals surface area contributed by atoms with Crippen molar-refractivity contribution in [1.82, 2.24) is 20.0 Å². The molecule has 0 bridgehead atoms. The summed E-state index contributed by atoms with van der Waals surface area (Å²) >= 11 is 0. The zero-order valence-electron chi connectivity index (χ0n) is 18.0. The number of aromatic nitrogens is 4. The minimum Gasteiger partial charge on any atom is -0.326 e. The Morgan fingerprint density at radius 1 is 1.23 bits per heavy atom. The third kappa shape index (κ3) is 3.36. The van der Waals surface area contributed by atoms with E-state index < -0.39 is 11.6 Å². The summed E-state index contributed by atoms with van der Waals surface area (Å²) in [5.41, 5.74) is 3.90. The van der Waals surface area contributed by atoms with Crippen LogP contribution in [0.4, 0.5) is 14.6 Å². The Morgan fingerprint density at radius 2 is 1.97 bits per heavy atom. The zero-order chi connectivity index (χ0) is 21.7. The van der Waals surface area contributed by atoms with Crippen LogP contribution >= 0.6 is 0 Å². The Morgan fingerprint density at radius 3 is 2.65 bits per heavy atom. The van der Waals surface area contributed by atoms with Crippen molar-refractivity contribution in [2.24, 2.45) is 0 Å². The van der Waals surface area contributed by atoms with Crippen molar-refractivity contribution in [3.63, 3.8) is 0 Å². The molecule has 1 fully saturated rings. The van der Waals surface area contributed by atoms with Gasteiger partial charge in [-0.05, 0) is 55.2 Å². The van der Waals surface area contributed by atoms with Crippen LogP contribution in [-0.4, -0.2) is 26.5 Å². The van der Waals surface area contributed by atoms with E-state index in [4.69, 9.17) is 0 Å². The van der Waals surface area contributed by atoms with Crippen LogP contribution in [-0.2, 0) is 6.54 Å². The van der Waals surface area contributed by atoms with Gasteiger partial charge in [0, 0.05) is 24.4 Å². The molecule has 1 atom stereocenters. The predicted octanol–water partition coefficient (Wildman–Crippen LogP) is 5.82. The molecule has 1 N–H and O–H groups in total. The molecule has 3 heterocycles. The number of hydrogen-bond donors (Lipinski definition) is 1. The molecule has 1 aliphatic heterocycles. The fraction of sp³-hybridized carbons (Fsp3) is 0.417. The molecule has 7 heteroatoms. The lowest BCUT2D eigenvalue weighted by Gasteiger charge is -2.32. The van der Waals surface area contributed by atoms with Crippen LogP contribution in [0.2, 0.25) is 0 Å². The van der Waals surface area contributed by atoms with Gasteiger partial charge in [0.25, 0.3) is 0 Å². The van der Waals surface area contributed by atoms with Crippen LogP contribution in [0, 0.1) is 11.6 Å². The van der Waals surface area contributed by atoms with E-state index in [0.29, 0.717) is 18.2 Å². The molecular formula is C24H27F2N5. The first-order valence-electron chi connectivity index (χ1n) is 11.0. The number of rotatable bonds is 6. The minimum absolute atomic E-state index is 0.0586. The molecule has 1 saturated carbocycles. The van der Waals surface area contributed by atoms with Crippen molar-refractivity contribution in [1.29, 1.82) is 0 Å². The Kier molecular flexibility index (Phi) is 4.91. The SMILES string of the molecule is C=C(c1c(F)cc(C2CC2)cc1F)N1CCCn2ncc(-c3[nH]ncc3C(C)CC)c21. The number of nitrogens with one attached hydrogen (secondary N) is 1. The highest BCUT2D eigenvalue weighted by Crippen LogP contribution is 2.43. The molecule has 5 nitrogen and oxygen atoms in total. The summed E-state index contributed by atoms with van der Waals surface area (Å²) in [4.78, 5) is 1.89. The number of hydrogen-bond acceptors (Lipinski definition) is 3. The maximum Gasteiger partial charge on any atom is 0.140 e. The van der Waals surface area contributed by atoms with Crippen LogP contribution in [0.1, 0.15) is 68.1 Å². The van der Waals surface area contributed by atoms with Crippen LogP contribution in [0.25, 0.3) is 17.0 Å². The van der Waals surface area contributed by atoms with E-state index >= 15 is 8.78 Å². The van der Waals surface area contributed by atoms with E-state index in [2.05, 4.69) is 35.7 Å². The second kappa shape index (κ2) is 7.62. The number of fused-ring (bicyclic) bond motifs is 1. The second-order valence-corrected chi connectivity index (χ2v) is 8.70. The summed E-state index contributed by atoms with van der Waals surface area (Å²) in [6.45, 7) is 9.78. The monoisotopic (exact) mass is 423 g/mol. The Hall–Kier alpha value is -2.96. The molecule has 1 aromatic carbocycles. The lowest BCUT2D eigenvalue weighted by molar-refractivity contribution is 0.538. The van der Waals surface area contributed by atoms with Crippen molar-refractivity contribution in [3.05, 3.63) is 59.4 Å². The molecule has 0 radical (unpaired) electrons. The van der Waals surface area contributed by atoms with Gasteiger partial charge < -0.3 is 4.90 Å². The number of aromatic amines is 1. The molecule has 0 saturated heterocycles. The number of anilines is 1. The molecular weight excluding hydrogens is 396 g/mol. The lowest BCUT2D eigenvalue weighted by atomic mass is 9.96. The van der Waals surface area contributed by atoms with Gasteiger partial charge in [0.1, 0.15) is 17.5 Å². The van der Waals surface area contributed by atoms with Crippen LogP contribution < -0.4 is 4.90 Å². The molecule has 1 unspecified atom stereocenters. The molecule has 2 aliphatic rings. The highest BCUT2D eigenvalue weighted by Gasteiger charge is 2.31. The van der Waals surface area contributed by atoms with Crippen LogP contribution in [0.15, 0.2) is 31.1 Å². The highest BCUT2D eigenvalue weighted by atomic mass is 19.1. The molecule has 0 spiro atoms. The van der Waals surface area contributed by atoms with Crippen molar-refractivity contribution < 1.29 is 8.78 Å². The standard InChI is InChI=1S/C24H27F2N5/c1-4-14(2)18-12-27-29-23(18)19-13-28-31-9-5-8-30(24(19)31)15(3)22-20(25)10-17(11-21(22)26)16-6-7-16/h10-14,16H,3-9H2,1-2H3,(H,27,29). The quantitative estimate of drug-likeness (QED) is 0.543. The van der Waals surface area contributed by atoms with Gasteiger partial charge in [-0.2, -0.15) is 10.2 Å². The van der Waals surface area contributed by atoms with Gasteiger partial charge in [0.05, 0.1) is 29.2 Å². The fourth-order valence-electron chi connectivity index (χ4n) is 4.51. The molecule has 0 amide bonds. The first-order valence-corrected chi connectivity index (χ1v) is 11.0. The van der Waals surface area contributed by atoms with Crippen LogP contribution in [0.3, 0.4) is 0 Å². The Bertz CT molecular complexity index is 1120. The summed E-state index contributed by atoms with van der Waals surface area (Å²) in [5, 5.41) is 11.9. The van der Waals surface area contributed by atoms with E-state index in [1.54, 1.807) is 0 Å². The topological polar surface area (TPSA) is 49.7 Å². The molecule has 5 rings (SSSR count). The molecule has 2 aromatic heterocycles. The summed E-state index contributed by atoms with van der Waals surface area (Å²) in [7, 11) is 0. The first-order chi connectivity index (χ1) is 15.0. The average molecular weight is 424 g/mol. The summed E-state index contributed by atoms with van der Waals surface area (Å²) in [6, 6.07) is 2.94. The first kappa shape index (κ1) is 20.0. The maximum atomic E-state index is 15.0. The largest absolute Gasteiger partial charge is 0.326 e. The van der Waals surface area contributed by atoms with Gasteiger partial charge in [-0.3, -0.25) is 5.10 Å². The third-order valence-corrected chi connectivity index (χ3v) is 6.63. The normalized spacial score (nSPS) is 17.0.